The number of carbonyl (C=O) groups excluding carboxylic acids is 1. The van der Waals surface area contributed by atoms with E-state index in [2.05, 4.69) is 23.5 Å². The van der Waals surface area contributed by atoms with Crippen LogP contribution in [0.2, 0.25) is 0 Å². The van der Waals surface area contributed by atoms with E-state index in [-0.39, 0.29) is 11.9 Å². The van der Waals surface area contributed by atoms with Crippen molar-refractivity contribution in [3.8, 4) is 6.07 Å². The van der Waals surface area contributed by atoms with Crippen LogP contribution in [0.25, 0.3) is 0 Å². The largest absolute Gasteiger partial charge is 0.352 e. The molecule has 0 aromatic heterocycles. The van der Waals surface area contributed by atoms with Crippen LogP contribution in [0.3, 0.4) is 0 Å². The SMILES string of the molecule is CCCC(C#N)(CCC)C(=O)NC1CC=CCC1. The van der Waals surface area contributed by atoms with Crippen molar-refractivity contribution in [3.05, 3.63) is 12.2 Å². The molecule has 0 bridgehead atoms. The minimum absolute atomic E-state index is 0.0611. The lowest BCUT2D eigenvalue weighted by molar-refractivity contribution is -0.129. The van der Waals surface area contributed by atoms with Gasteiger partial charge in [0.15, 0.2) is 0 Å². The Bertz CT molecular complexity index is 335. The number of hydrogen-bond acceptors (Lipinski definition) is 2. The second-order valence-electron chi connectivity index (χ2n) is 5.15. The Labute approximate surface area is 110 Å². The lowest BCUT2D eigenvalue weighted by atomic mass is 9.79. The van der Waals surface area contributed by atoms with Crippen LogP contribution < -0.4 is 5.32 Å². The van der Waals surface area contributed by atoms with Gasteiger partial charge in [-0.25, -0.2) is 0 Å². The van der Waals surface area contributed by atoms with Crippen LogP contribution in [-0.2, 0) is 4.79 Å². The molecular weight excluding hydrogens is 224 g/mol. The summed E-state index contributed by atoms with van der Waals surface area (Å²) in [5.41, 5.74) is -0.815. The van der Waals surface area contributed by atoms with Crippen molar-refractivity contribution < 1.29 is 4.79 Å². The summed E-state index contributed by atoms with van der Waals surface area (Å²) in [6.45, 7) is 4.05. The maximum atomic E-state index is 12.4. The van der Waals surface area contributed by atoms with Crippen LogP contribution in [0, 0.1) is 16.7 Å². The minimum Gasteiger partial charge on any atom is -0.352 e. The maximum Gasteiger partial charge on any atom is 0.240 e. The molecule has 1 N–H and O–H groups in total. The molecule has 0 fully saturated rings. The lowest BCUT2D eigenvalue weighted by Crippen LogP contribution is -2.45. The molecule has 0 spiro atoms. The average molecular weight is 248 g/mol. The topological polar surface area (TPSA) is 52.9 Å². The molecular formula is C15H24N2O. The molecule has 0 heterocycles. The van der Waals surface area contributed by atoms with Crippen LogP contribution in [0.1, 0.15) is 58.8 Å². The van der Waals surface area contributed by atoms with E-state index in [4.69, 9.17) is 0 Å². The van der Waals surface area contributed by atoms with Gasteiger partial charge in [-0.1, -0.05) is 38.8 Å². The van der Waals surface area contributed by atoms with Gasteiger partial charge in [0.25, 0.3) is 0 Å². The Kier molecular flexibility index (Phi) is 5.91. The van der Waals surface area contributed by atoms with E-state index in [1.807, 2.05) is 13.8 Å². The van der Waals surface area contributed by atoms with E-state index in [0.717, 1.165) is 32.1 Å². The third kappa shape index (κ3) is 3.60. The number of nitriles is 1. The van der Waals surface area contributed by atoms with Gasteiger partial charge in [0.2, 0.25) is 5.91 Å². The normalized spacial score (nSPS) is 19.3. The van der Waals surface area contributed by atoms with Crippen LogP contribution in [0.4, 0.5) is 0 Å². The van der Waals surface area contributed by atoms with Crippen molar-refractivity contribution in [3.63, 3.8) is 0 Å². The third-order valence-electron chi connectivity index (χ3n) is 3.61. The molecule has 100 valence electrons. The van der Waals surface area contributed by atoms with Crippen molar-refractivity contribution in [1.82, 2.24) is 5.32 Å². The van der Waals surface area contributed by atoms with Gasteiger partial charge in [0, 0.05) is 6.04 Å². The van der Waals surface area contributed by atoms with Gasteiger partial charge >= 0.3 is 0 Å². The summed E-state index contributed by atoms with van der Waals surface area (Å²) >= 11 is 0. The van der Waals surface area contributed by atoms with Crippen LogP contribution >= 0.6 is 0 Å². The number of rotatable bonds is 6. The van der Waals surface area contributed by atoms with E-state index in [9.17, 15) is 10.1 Å². The van der Waals surface area contributed by atoms with Crippen LogP contribution in [0.5, 0.6) is 0 Å². The van der Waals surface area contributed by atoms with Gasteiger partial charge in [-0.3, -0.25) is 4.79 Å². The molecule has 1 rings (SSSR count). The number of nitrogens with one attached hydrogen (secondary N) is 1. The maximum absolute atomic E-state index is 12.4. The summed E-state index contributed by atoms with van der Waals surface area (Å²) in [6.07, 6.45) is 10.2. The van der Waals surface area contributed by atoms with Crippen LogP contribution in [0.15, 0.2) is 12.2 Å². The smallest absolute Gasteiger partial charge is 0.240 e. The van der Waals surface area contributed by atoms with E-state index in [1.165, 1.54) is 0 Å². The third-order valence-corrected chi connectivity index (χ3v) is 3.61. The summed E-state index contributed by atoms with van der Waals surface area (Å²) in [4.78, 5) is 12.4. The van der Waals surface area contributed by atoms with Gasteiger partial charge < -0.3 is 5.32 Å². The Morgan fingerprint density at radius 1 is 1.39 bits per heavy atom. The molecule has 1 aliphatic rings. The molecule has 3 nitrogen and oxygen atoms in total. The summed E-state index contributed by atoms with van der Waals surface area (Å²) < 4.78 is 0. The first kappa shape index (κ1) is 14.8. The first-order chi connectivity index (χ1) is 8.68. The van der Waals surface area contributed by atoms with Gasteiger partial charge in [0.1, 0.15) is 5.41 Å². The molecule has 1 unspecified atom stereocenters. The highest BCUT2D eigenvalue weighted by Crippen LogP contribution is 2.30. The van der Waals surface area contributed by atoms with E-state index in [0.29, 0.717) is 12.8 Å². The molecule has 0 radical (unpaired) electrons. The predicted octanol–water partition coefficient (Wildman–Crippen LogP) is 3.32. The fourth-order valence-corrected chi connectivity index (χ4v) is 2.62. The Morgan fingerprint density at radius 3 is 2.50 bits per heavy atom. The monoisotopic (exact) mass is 248 g/mol. The summed E-state index contributed by atoms with van der Waals surface area (Å²) in [5.74, 6) is -0.0611. The highest BCUT2D eigenvalue weighted by atomic mass is 16.2. The summed E-state index contributed by atoms with van der Waals surface area (Å²) in [5, 5.41) is 12.5. The van der Waals surface area contributed by atoms with Gasteiger partial charge in [0.05, 0.1) is 6.07 Å². The van der Waals surface area contributed by atoms with Crippen molar-refractivity contribution in [2.45, 2.75) is 64.8 Å². The molecule has 0 saturated carbocycles. The molecule has 1 aliphatic carbocycles. The zero-order valence-electron chi connectivity index (χ0n) is 11.5. The van der Waals surface area contributed by atoms with Gasteiger partial charge in [-0.05, 0) is 32.1 Å². The van der Waals surface area contributed by atoms with Gasteiger partial charge in [-0.15, -0.1) is 0 Å². The molecule has 0 aromatic rings. The summed E-state index contributed by atoms with van der Waals surface area (Å²) in [6, 6.07) is 2.49. The fraction of sp³-hybridized carbons (Fsp3) is 0.733. The molecule has 1 amide bonds. The number of nitrogens with zero attached hydrogens (tertiary/aromatic N) is 1. The second-order valence-corrected chi connectivity index (χ2v) is 5.15. The quantitative estimate of drug-likeness (QED) is 0.733. The average Bonchev–Trinajstić information content (AvgIpc) is 2.39. The Hall–Kier alpha value is -1.30. The Morgan fingerprint density at radius 2 is 2.06 bits per heavy atom. The van der Waals surface area contributed by atoms with Crippen molar-refractivity contribution in [1.29, 1.82) is 5.26 Å². The predicted molar refractivity (Wildman–Crippen MR) is 72.8 cm³/mol. The van der Waals surface area contributed by atoms with Crippen LogP contribution in [-0.4, -0.2) is 11.9 Å². The first-order valence-electron chi connectivity index (χ1n) is 7.05. The molecule has 1 atom stereocenters. The van der Waals surface area contributed by atoms with Crippen molar-refractivity contribution in [2.75, 3.05) is 0 Å². The van der Waals surface area contributed by atoms with E-state index >= 15 is 0 Å². The Balaban J connectivity index is 2.69. The van der Waals surface area contributed by atoms with E-state index in [1.54, 1.807) is 0 Å². The first-order valence-corrected chi connectivity index (χ1v) is 7.05. The number of allylic oxidation sites excluding steroid dienone is 1. The fourth-order valence-electron chi connectivity index (χ4n) is 2.62. The molecule has 0 aliphatic heterocycles. The molecule has 0 saturated heterocycles. The summed E-state index contributed by atoms with van der Waals surface area (Å²) in [7, 11) is 0. The highest BCUT2D eigenvalue weighted by Gasteiger charge is 2.37. The standard InChI is InChI=1S/C15H24N2O/c1-3-10-15(12-16,11-4-2)14(18)17-13-8-6-5-7-9-13/h5-6,13H,3-4,7-11H2,1-2H3,(H,17,18). The lowest BCUT2D eigenvalue weighted by Gasteiger charge is -2.28. The molecule has 18 heavy (non-hydrogen) atoms. The van der Waals surface area contributed by atoms with Gasteiger partial charge in [-0.2, -0.15) is 5.26 Å². The van der Waals surface area contributed by atoms with Crippen molar-refractivity contribution >= 4 is 5.91 Å². The molecule has 3 heteroatoms. The van der Waals surface area contributed by atoms with Crippen molar-refractivity contribution in [2.24, 2.45) is 5.41 Å². The number of carbonyl (C=O) groups is 1. The highest BCUT2D eigenvalue weighted by molar-refractivity contribution is 5.85. The number of hydrogen-bond donors (Lipinski definition) is 1. The molecule has 0 aromatic carbocycles. The zero-order valence-corrected chi connectivity index (χ0v) is 11.5. The number of amides is 1. The zero-order chi connectivity index (χ0) is 13.4. The van der Waals surface area contributed by atoms with E-state index < -0.39 is 5.41 Å². The second kappa shape index (κ2) is 7.20. The minimum atomic E-state index is -0.815.